The topological polar surface area (TPSA) is 40.6 Å². The molecule has 4 nitrogen and oxygen atoms in total. The molecular formula is C22H20N2O2. The SMILES string of the molecule is CC(=O)N1C=Cc2ccccc2[C@H]1[C@@H]1c2ccccc2C=CN1C(C)=O. The number of fused-ring (bicyclic) bond motifs is 2. The zero-order valence-electron chi connectivity index (χ0n) is 14.8. The second-order valence-corrected chi connectivity index (χ2v) is 6.63. The first-order chi connectivity index (χ1) is 12.6. The highest BCUT2D eigenvalue weighted by Gasteiger charge is 2.39. The van der Waals surface area contributed by atoms with Gasteiger partial charge in [-0.05, 0) is 34.4 Å². The standard InChI is InChI=1S/C22H20N2O2/c1-15(25)23-13-11-17-7-3-5-9-19(17)21(23)22-20-10-6-4-8-18(20)12-14-24(22)16(2)26/h3-14,21-22H,1-2H3/t21-,22-/m0/s1. The summed E-state index contributed by atoms with van der Waals surface area (Å²) in [4.78, 5) is 28.3. The van der Waals surface area contributed by atoms with E-state index in [4.69, 9.17) is 0 Å². The van der Waals surface area contributed by atoms with Gasteiger partial charge >= 0.3 is 0 Å². The molecule has 0 bridgehead atoms. The van der Waals surface area contributed by atoms with E-state index < -0.39 is 0 Å². The molecule has 2 atom stereocenters. The summed E-state index contributed by atoms with van der Waals surface area (Å²) in [7, 11) is 0. The van der Waals surface area contributed by atoms with Gasteiger partial charge in [-0.1, -0.05) is 48.5 Å². The van der Waals surface area contributed by atoms with Crippen LogP contribution in [0.2, 0.25) is 0 Å². The minimum absolute atomic E-state index is 0.0451. The highest BCUT2D eigenvalue weighted by atomic mass is 16.2. The highest BCUT2D eigenvalue weighted by molar-refractivity contribution is 5.81. The molecule has 0 saturated heterocycles. The van der Waals surface area contributed by atoms with Gasteiger partial charge in [0.05, 0.1) is 12.1 Å². The molecule has 0 unspecified atom stereocenters. The van der Waals surface area contributed by atoms with Crippen molar-refractivity contribution in [2.45, 2.75) is 25.9 Å². The van der Waals surface area contributed by atoms with Crippen molar-refractivity contribution in [2.75, 3.05) is 0 Å². The fourth-order valence-electron chi connectivity index (χ4n) is 3.92. The van der Waals surface area contributed by atoms with E-state index in [1.54, 1.807) is 23.6 Å². The molecular weight excluding hydrogens is 324 g/mol. The molecule has 0 saturated carbocycles. The van der Waals surface area contributed by atoms with Crippen LogP contribution in [0.15, 0.2) is 60.9 Å². The lowest BCUT2D eigenvalue weighted by Gasteiger charge is -2.43. The van der Waals surface area contributed by atoms with Gasteiger partial charge in [0.2, 0.25) is 11.8 Å². The number of benzene rings is 2. The van der Waals surface area contributed by atoms with E-state index in [1.807, 2.05) is 73.1 Å². The first-order valence-corrected chi connectivity index (χ1v) is 8.70. The molecule has 2 aromatic carbocycles. The molecule has 2 aliphatic heterocycles. The smallest absolute Gasteiger partial charge is 0.224 e. The fraction of sp³-hybridized carbons (Fsp3) is 0.182. The summed E-state index contributed by atoms with van der Waals surface area (Å²) in [5.41, 5.74) is 4.24. The summed E-state index contributed by atoms with van der Waals surface area (Å²) in [6.07, 6.45) is 7.56. The Labute approximate surface area is 153 Å². The van der Waals surface area contributed by atoms with E-state index in [1.165, 1.54) is 0 Å². The third-order valence-corrected chi connectivity index (χ3v) is 5.08. The summed E-state index contributed by atoms with van der Waals surface area (Å²) in [5.74, 6) is -0.0902. The number of rotatable bonds is 1. The number of amides is 2. The Morgan fingerprint density at radius 1 is 0.692 bits per heavy atom. The lowest BCUT2D eigenvalue weighted by Crippen LogP contribution is -2.42. The summed E-state index contributed by atoms with van der Waals surface area (Å²) < 4.78 is 0. The van der Waals surface area contributed by atoms with Gasteiger partial charge in [-0.25, -0.2) is 0 Å². The number of hydrogen-bond acceptors (Lipinski definition) is 2. The van der Waals surface area contributed by atoms with Crippen LogP contribution in [-0.4, -0.2) is 21.6 Å². The van der Waals surface area contributed by atoms with Crippen LogP contribution in [0.1, 0.15) is 48.2 Å². The van der Waals surface area contributed by atoms with E-state index >= 15 is 0 Å². The average Bonchev–Trinajstić information content (AvgIpc) is 2.66. The minimum atomic E-state index is -0.274. The van der Waals surface area contributed by atoms with E-state index in [0.29, 0.717) is 0 Å². The minimum Gasteiger partial charge on any atom is -0.309 e. The second-order valence-electron chi connectivity index (χ2n) is 6.63. The van der Waals surface area contributed by atoms with Crippen molar-refractivity contribution in [1.82, 2.24) is 9.80 Å². The van der Waals surface area contributed by atoms with Gasteiger partial charge < -0.3 is 9.80 Å². The van der Waals surface area contributed by atoms with Crippen LogP contribution in [0.4, 0.5) is 0 Å². The monoisotopic (exact) mass is 344 g/mol. The number of nitrogens with zero attached hydrogens (tertiary/aromatic N) is 2. The molecule has 0 N–H and O–H groups in total. The molecule has 0 spiro atoms. The number of carbonyl (C=O) groups is 2. The van der Waals surface area contributed by atoms with Crippen LogP contribution in [-0.2, 0) is 9.59 Å². The van der Waals surface area contributed by atoms with Crippen molar-refractivity contribution in [3.05, 3.63) is 83.2 Å². The van der Waals surface area contributed by atoms with Crippen LogP contribution < -0.4 is 0 Å². The molecule has 0 aliphatic carbocycles. The second kappa shape index (κ2) is 6.30. The Morgan fingerprint density at radius 2 is 1.08 bits per heavy atom. The zero-order chi connectivity index (χ0) is 18.3. The quantitative estimate of drug-likeness (QED) is 0.780. The van der Waals surface area contributed by atoms with E-state index in [0.717, 1.165) is 22.3 Å². The summed E-state index contributed by atoms with van der Waals surface area (Å²) in [5, 5.41) is 0. The van der Waals surface area contributed by atoms with E-state index in [9.17, 15) is 9.59 Å². The van der Waals surface area contributed by atoms with Gasteiger partial charge in [-0.2, -0.15) is 0 Å². The van der Waals surface area contributed by atoms with Gasteiger partial charge in [0, 0.05) is 26.2 Å². The van der Waals surface area contributed by atoms with Crippen LogP contribution in [0.5, 0.6) is 0 Å². The largest absolute Gasteiger partial charge is 0.309 e. The van der Waals surface area contributed by atoms with Crippen LogP contribution in [0.3, 0.4) is 0 Å². The Morgan fingerprint density at radius 3 is 1.46 bits per heavy atom. The van der Waals surface area contributed by atoms with Crippen LogP contribution in [0.25, 0.3) is 12.2 Å². The lowest BCUT2D eigenvalue weighted by atomic mass is 9.83. The van der Waals surface area contributed by atoms with E-state index in [2.05, 4.69) is 0 Å². The van der Waals surface area contributed by atoms with Gasteiger partial charge in [-0.3, -0.25) is 9.59 Å². The maximum Gasteiger partial charge on any atom is 0.224 e. The molecule has 0 fully saturated rings. The van der Waals surface area contributed by atoms with Crippen molar-refractivity contribution in [3.63, 3.8) is 0 Å². The Hall–Kier alpha value is -3.14. The first-order valence-electron chi connectivity index (χ1n) is 8.70. The maximum atomic E-state index is 12.4. The Kier molecular flexibility index (Phi) is 3.96. The zero-order valence-corrected chi connectivity index (χ0v) is 14.8. The normalized spacial score (nSPS) is 20.5. The van der Waals surface area contributed by atoms with Crippen molar-refractivity contribution in [3.8, 4) is 0 Å². The molecule has 2 aliphatic rings. The Bertz CT molecular complexity index is 867. The molecule has 130 valence electrons. The summed E-state index contributed by atoms with van der Waals surface area (Å²) in [6, 6.07) is 15.5. The number of hydrogen-bond donors (Lipinski definition) is 0. The molecule has 26 heavy (non-hydrogen) atoms. The van der Waals surface area contributed by atoms with E-state index in [-0.39, 0.29) is 23.9 Å². The van der Waals surface area contributed by atoms with Crippen molar-refractivity contribution >= 4 is 24.0 Å². The Balaban J connectivity index is 1.94. The van der Waals surface area contributed by atoms with Gasteiger partial charge in [-0.15, -0.1) is 0 Å². The molecule has 4 heteroatoms. The third kappa shape index (κ3) is 2.54. The molecule has 2 heterocycles. The molecule has 0 radical (unpaired) electrons. The molecule has 2 amide bonds. The maximum absolute atomic E-state index is 12.4. The molecule has 0 aromatic heterocycles. The fourth-order valence-corrected chi connectivity index (χ4v) is 3.92. The van der Waals surface area contributed by atoms with Crippen molar-refractivity contribution < 1.29 is 9.59 Å². The van der Waals surface area contributed by atoms with Crippen LogP contribution in [0, 0.1) is 0 Å². The first kappa shape index (κ1) is 16.3. The molecule has 4 rings (SSSR count). The predicted octanol–water partition coefficient (Wildman–Crippen LogP) is 4.13. The van der Waals surface area contributed by atoms with Crippen molar-refractivity contribution in [1.29, 1.82) is 0 Å². The van der Waals surface area contributed by atoms with Crippen molar-refractivity contribution in [2.24, 2.45) is 0 Å². The van der Waals surface area contributed by atoms with Gasteiger partial charge in [0.15, 0.2) is 0 Å². The van der Waals surface area contributed by atoms with Gasteiger partial charge in [0.25, 0.3) is 0 Å². The summed E-state index contributed by atoms with van der Waals surface area (Å²) in [6.45, 7) is 3.13. The third-order valence-electron chi connectivity index (χ3n) is 5.08. The number of carbonyl (C=O) groups excluding carboxylic acids is 2. The van der Waals surface area contributed by atoms with Gasteiger partial charge in [0.1, 0.15) is 0 Å². The highest BCUT2D eigenvalue weighted by Crippen LogP contribution is 2.45. The lowest BCUT2D eigenvalue weighted by molar-refractivity contribution is -0.134. The predicted molar refractivity (Wildman–Crippen MR) is 101 cm³/mol. The molecule has 2 aromatic rings. The summed E-state index contributed by atoms with van der Waals surface area (Å²) >= 11 is 0. The average molecular weight is 344 g/mol. The van der Waals surface area contributed by atoms with Crippen LogP contribution >= 0.6 is 0 Å².